The molecule has 0 radical (unpaired) electrons. The first-order valence-corrected chi connectivity index (χ1v) is 7.13. The van der Waals surface area contributed by atoms with Gasteiger partial charge in [-0.3, -0.25) is 0 Å². The second-order valence-electron chi connectivity index (χ2n) is 4.27. The van der Waals surface area contributed by atoms with Crippen LogP contribution in [0.15, 0.2) is 10.6 Å². The first-order chi connectivity index (χ1) is 7.88. The van der Waals surface area contributed by atoms with Crippen LogP contribution < -0.4 is 5.32 Å². The van der Waals surface area contributed by atoms with Gasteiger partial charge in [-0.05, 0) is 25.6 Å². The fourth-order valence-electron chi connectivity index (χ4n) is 1.97. The van der Waals surface area contributed by atoms with Crippen LogP contribution in [-0.4, -0.2) is 29.6 Å². The van der Waals surface area contributed by atoms with Crippen LogP contribution >= 0.6 is 11.8 Å². The number of likely N-dealkylation sites (N-methyl/N-ethyl adjacent to an activating group) is 1. The Balaban J connectivity index is 1.81. The van der Waals surface area contributed by atoms with Crippen molar-refractivity contribution in [1.82, 2.24) is 10.3 Å². The number of hydrogen-bond acceptors (Lipinski definition) is 4. The fourth-order valence-corrected chi connectivity index (χ4v) is 3.27. The van der Waals surface area contributed by atoms with Crippen molar-refractivity contribution in [3.8, 4) is 0 Å². The summed E-state index contributed by atoms with van der Waals surface area (Å²) in [7, 11) is 1.95. The highest BCUT2D eigenvalue weighted by Crippen LogP contribution is 2.27. The number of aromatic nitrogens is 1. The topological polar surface area (TPSA) is 38.1 Å². The summed E-state index contributed by atoms with van der Waals surface area (Å²) in [5.41, 5.74) is 0. The monoisotopic (exact) mass is 240 g/mol. The molecule has 0 aromatic carbocycles. The molecule has 2 rings (SSSR count). The van der Waals surface area contributed by atoms with Gasteiger partial charge in [0, 0.05) is 24.6 Å². The van der Waals surface area contributed by atoms with Crippen molar-refractivity contribution in [2.45, 2.75) is 37.4 Å². The summed E-state index contributed by atoms with van der Waals surface area (Å²) in [6, 6.07) is 0. The van der Waals surface area contributed by atoms with Gasteiger partial charge in [-0.25, -0.2) is 4.98 Å². The zero-order valence-corrected chi connectivity index (χ0v) is 10.7. The van der Waals surface area contributed by atoms with Gasteiger partial charge < -0.3 is 9.73 Å². The Kier molecular flexibility index (Phi) is 4.72. The Bertz CT molecular complexity index is 308. The molecule has 16 heavy (non-hydrogen) atoms. The quantitative estimate of drug-likeness (QED) is 0.857. The smallest absolute Gasteiger partial charge is 0.195 e. The molecule has 1 aromatic rings. The number of thioether (sulfide) groups is 1. The molecule has 4 heteroatoms. The summed E-state index contributed by atoms with van der Waals surface area (Å²) < 4.78 is 5.72. The van der Waals surface area contributed by atoms with Gasteiger partial charge in [0.2, 0.25) is 0 Å². The predicted octanol–water partition coefficient (Wildman–Crippen LogP) is 2.26. The van der Waals surface area contributed by atoms with E-state index in [1.54, 1.807) is 0 Å². The third kappa shape index (κ3) is 3.52. The van der Waals surface area contributed by atoms with Crippen LogP contribution in [0.25, 0.3) is 0 Å². The van der Waals surface area contributed by atoms with E-state index in [2.05, 4.69) is 22.1 Å². The first kappa shape index (κ1) is 12.0. The van der Waals surface area contributed by atoms with Crippen molar-refractivity contribution >= 4 is 11.8 Å². The van der Waals surface area contributed by atoms with Crippen LogP contribution in [0.1, 0.15) is 30.9 Å². The Morgan fingerprint density at radius 3 is 3.25 bits per heavy atom. The van der Waals surface area contributed by atoms with Crippen LogP contribution in [0.4, 0.5) is 0 Å². The zero-order chi connectivity index (χ0) is 11.2. The standard InChI is InChI=1S/C12H20N2OS/c1-13-6-5-10-9-14-12(15-10)8-11-4-2-3-7-16-11/h9,11,13H,2-8H2,1H3. The summed E-state index contributed by atoms with van der Waals surface area (Å²) in [5, 5.41) is 3.84. The van der Waals surface area contributed by atoms with Crippen molar-refractivity contribution in [2.24, 2.45) is 0 Å². The maximum Gasteiger partial charge on any atom is 0.195 e. The number of rotatable bonds is 5. The van der Waals surface area contributed by atoms with Crippen LogP contribution in [0.5, 0.6) is 0 Å². The Hall–Kier alpha value is -0.480. The van der Waals surface area contributed by atoms with Crippen LogP contribution in [0, 0.1) is 0 Å². The van der Waals surface area contributed by atoms with E-state index in [1.165, 1.54) is 25.0 Å². The first-order valence-electron chi connectivity index (χ1n) is 6.08. The molecule has 1 fully saturated rings. The van der Waals surface area contributed by atoms with Gasteiger partial charge in [-0.1, -0.05) is 6.42 Å². The summed E-state index contributed by atoms with van der Waals surface area (Å²) >= 11 is 2.07. The summed E-state index contributed by atoms with van der Waals surface area (Å²) in [4.78, 5) is 4.36. The van der Waals surface area contributed by atoms with Gasteiger partial charge in [0.1, 0.15) is 5.76 Å². The third-order valence-corrected chi connectivity index (χ3v) is 4.30. The summed E-state index contributed by atoms with van der Waals surface area (Å²) in [6.07, 6.45) is 7.87. The molecule has 0 saturated carbocycles. The normalized spacial score (nSPS) is 21.2. The molecule has 0 aliphatic carbocycles. The van der Waals surface area contributed by atoms with E-state index in [0.717, 1.165) is 36.3 Å². The molecule has 1 aliphatic rings. The average molecular weight is 240 g/mol. The maximum absolute atomic E-state index is 5.72. The summed E-state index contributed by atoms with van der Waals surface area (Å²) in [5.74, 6) is 3.23. The lowest BCUT2D eigenvalue weighted by Gasteiger charge is -2.19. The fraction of sp³-hybridized carbons (Fsp3) is 0.750. The minimum atomic E-state index is 0.726. The molecule has 90 valence electrons. The second-order valence-corrected chi connectivity index (χ2v) is 5.67. The third-order valence-electron chi connectivity index (χ3n) is 2.90. The predicted molar refractivity (Wildman–Crippen MR) is 67.9 cm³/mol. The molecule has 1 atom stereocenters. The van der Waals surface area contributed by atoms with E-state index in [1.807, 2.05) is 13.2 Å². The molecule has 3 nitrogen and oxygen atoms in total. The lowest BCUT2D eigenvalue weighted by molar-refractivity contribution is 0.444. The van der Waals surface area contributed by atoms with Gasteiger partial charge in [0.05, 0.1) is 6.20 Å². The Morgan fingerprint density at radius 1 is 1.56 bits per heavy atom. The molecule has 0 spiro atoms. The molecule has 1 aliphatic heterocycles. The number of oxazole rings is 1. The molecular weight excluding hydrogens is 220 g/mol. The Labute approximate surface area is 101 Å². The van der Waals surface area contributed by atoms with E-state index in [-0.39, 0.29) is 0 Å². The van der Waals surface area contributed by atoms with Crippen LogP contribution in [0.2, 0.25) is 0 Å². The number of nitrogens with zero attached hydrogens (tertiary/aromatic N) is 1. The van der Waals surface area contributed by atoms with Crippen molar-refractivity contribution in [1.29, 1.82) is 0 Å². The van der Waals surface area contributed by atoms with Gasteiger partial charge in [-0.15, -0.1) is 0 Å². The molecule has 0 bridgehead atoms. The SMILES string of the molecule is CNCCc1cnc(CC2CCCCS2)o1. The number of nitrogens with one attached hydrogen (secondary N) is 1. The van der Waals surface area contributed by atoms with Gasteiger partial charge in [-0.2, -0.15) is 11.8 Å². The number of hydrogen-bond donors (Lipinski definition) is 1. The van der Waals surface area contributed by atoms with Crippen molar-refractivity contribution in [2.75, 3.05) is 19.3 Å². The van der Waals surface area contributed by atoms with Crippen molar-refractivity contribution in [3.63, 3.8) is 0 Å². The maximum atomic E-state index is 5.72. The van der Waals surface area contributed by atoms with Crippen LogP contribution in [-0.2, 0) is 12.8 Å². The van der Waals surface area contributed by atoms with Gasteiger partial charge >= 0.3 is 0 Å². The van der Waals surface area contributed by atoms with Crippen molar-refractivity contribution < 1.29 is 4.42 Å². The molecule has 1 aromatic heterocycles. The van der Waals surface area contributed by atoms with Gasteiger partial charge in [0.25, 0.3) is 0 Å². The lowest BCUT2D eigenvalue weighted by atomic mass is 10.1. The highest BCUT2D eigenvalue weighted by atomic mass is 32.2. The molecule has 2 heterocycles. The second kappa shape index (κ2) is 6.30. The molecule has 1 N–H and O–H groups in total. The van der Waals surface area contributed by atoms with E-state index in [9.17, 15) is 0 Å². The largest absolute Gasteiger partial charge is 0.446 e. The van der Waals surface area contributed by atoms with E-state index >= 15 is 0 Å². The summed E-state index contributed by atoms with van der Waals surface area (Å²) in [6.45, 7) is 0.951. The highest BCUT2D eigenvalue weighted by Gasteiger charge is 2.16. The zero-order valence-electron chi connectivity index (χ0n) is 9.87. The van der Waals surface area contributed by atoms with Crippen LogP contribution in [0.3, 0.4) is 0 Å². The molecule has 0 amide bonds. The molecular formula is C12H20N2OS. The van der Waals surface area contributed by atoms with E-state index < -0.39 is 0 Å². The minimum absolute atomic E-state index is 0.726. The van der Waals surface area contributed by atoms with E-state index in [4.69, 9.17) is 4.42 Å². The minimum Gasteiger partial charge on any atom is -0.446 e. The lowest BCUT2D eigenvalue weighted by Crippen LogP contribution is -2.12. The average Bonchev–Trinajstić information content (AvgIpc) is 2.75. The molecule has 1 saturated heterocycles. The Morgan fingerprint density at radius 2 is 2.50 bits per heavy atom. The van der Waals surface area contributed by atoms with E-state index in [0.29, 0.717) is 0 Å². The molecule has 1 unspecified atom stereocenters. The highest BCUT2D eigenvalue weighted by molar-refractivity contribution is 7.99. The van der Waals surface area contributed by atoms with Gasteiger partial charge in [0.15, 0.2) is 5.89 Å². The van der Waals surface area contributed by atoms with Crippen molar-refractivity contribution in [3.05, 3.63) is 17.8 Å².